The van der Waals surface area contributed by atoms with Crippen molar-refractivity contribution in [3.63, 3.8) is 0 Å². The molecule has 20 heavy (non-hydrogen) atoms. The molecule has 0 fully saturated rings. The molecule has 8 heteroatoms. The number of carboxylic acids is 1. The summed E-state index contributed by atoms with van der Waals surface area (Å²) in [7, 11) is 1.19. The number of carbonyl (C=O) groups excluding carboxylic acids is 1. The van der Waals surface area contributed by atoms with Gasteiger partial charge < -0.3 is 10.0 Å². The second kappa shape index (κ2) is 5.70. The van der Waals surface area contributed by atoms with Crippen LogP contribution in [0.5, 0.6) is 0 Å². The lowest BCUT2D eigenvalue weighted by molar-refractivity contribution is -0.141. The Morgan fingerprint density at radius 2 is 1.85 bits per heavy atom. The standard InChI is InChI=1S/C12H11ClF3NO3/c1-6(11(19)20)17(2)10(18)7-3-8(12(14,15)16)5-9(13)4-7/h3-6H,1-2H3,(H,19,20). The van der Waals surface area contributed by atoms with Gasteiger partial charge in [-0.1, -0.05) is 11.6 Å². The second-order valence-corrected chi connectivity index (χ2v) is 4.59. The highest BCUT2D eigenvalue weighted by Gasteiger charge is 2.32. The number of alkyl halides is 3. The van der Waals surface area contributed by atoms with Gasteiger partial charge in [-0.3, -0.25) is 4.79 Å². The Morgan fingerprint density at radius 3 is 2.30 bits per heavy atom. The molecule has 1 aromatic carbocycles. The first-order valence-electron chi connectivity index (χ1n) is 5.41. The van der Waals surface area contributed by atoms with Crippen LogP contribution in [-0.4, -0.2) is 35.0 Å². The Bertz CT molecular complexity index is 545. The van der Waals surface area contributed by atoms with Gasteiger partial charge in [0.15, 0.2) is 0 Å². The van der Waals surface area contributed by atoms with Crippen LogP contribution in [0.4, 0.5) is 13.2 Å². The molecule has 0 aromatic heterocycles. The summed E-state index contributed by atoms with van der Waals surface area (Å²) < 4.78 is 37.9. The van der Waals surface area contributed by atoms with Crippen LogP contribution in [0.15, 0.2) is 18.2 Å². The summed E-state index contributed by atoms with van der Waals surface area (Å²) in [5.74, 6) is -2.12. The van der Waals surface area contributed by atoms with Crippen molar-refractivity contribution in [3.05, 3.63) is 34.3 Å². The van der Waals surface area contributed by atoms with Crippen molar-refractivity contribution in [2.45, 2.75) is 19.1 Å². The molecule has 0 aliphatic heterocycles. The molecule has 0 bridgehead atoms. The number of halogens is 4. The third-order valence-corrected chi connectivity index (χ3v) is 2.95. The van der Waals surface area contributed by atoms with E-state index in [4.69, 9.17) is 16.7 Å². The van der Waals surface area contributed by atoms with Gasteiger partial charge in [-0.2, -0.15) is 13.2 Å². The fraction of sp³-hybridized carbons (Fsp3) is 0.333. The van der Waals surface area contributed by atoms with E-state index in [1.807, 2.05) is 0 Å². The highest BCUT2D eigenvalue weighted by atomic mass is 35.5. The Kier molecular flexibility index (Phi) is 4.65. The molecule has 0 saturated heterocycles. The minimum absolute atomic E-state index is 0.250. The topological polar surface area (TPSA) is 57.6 Å². The number of nitrogens with zero attached hydrogens (tertiary/aromatic N) is 1. The number of benzene rings is 1. The number of hydrogen-bond acceptors (Lipinski definition) is 2. The molecule has 110 valence electrons. The van der Waals surface area contributed by atoms with Gasteiger partial charge in [0.05, 0.1) is 5.56 Å². The number of carboxylic acid groups (broad SMARTS) is 1. The van der Waals surface area contributed by atoms with Crippen molar-refractivity contribution < 1.29 is 27.9 Å². The van der Waals surface area contributed by atoms with Crippen LogP contribution in [0.3, 0.4) is 0 Å². The van der Waals surface area contributed by atoms with Crippen molar-refractivity contribution in [3.8, 4) is 0 Å². The van der Waals surface area contributed by atoms with Crippen molar-refractivity contribution in [1.29, 1.82) is 0 Å². The summed E-state index contributed by atoms with van der Waals surface area (Å²) in [4.78, 5) is 23.6. The van der Waals surface area contributed by atoms with Gasteiger partial charge in [0.1, 0.15) is 6.04 Å². The fourth-order valence-corrected chi connectivity index (χ4v) is 1.66. The lowest BCUT2D eigenvalue weighted by Crippen LogP contribution is -2.40. The Morgan fingerprint density at radius 1 is 1.30 bits per heavy atom. The number of likely N-dealkylation sites (N-methyl/N-ethyl adjacent to an activating group) is 1. The van der Waals surface area contributed by atoms with Gasteiger partial charge >= 0.3 is 12.1 Å². The Labute approximate surface area is 117 Å². The summed E-state index contributed by atoms with van der Waals surface area (Å²) in [5, 5.41) is 8.54. The molecule has 1 atom stereocenters. The highest BCUT2D eigenvalue weighted by molar-refractivity contribution is 6.31. The van der Waals surface area contributed by atoms with Crippen LogP contribution in [0.25, 0.3) is 0 Å². The number of rotatable bonds is 3. The van der Waals surface area contributed by atoms with Crippen LogP contribution in [0.1, 0.15) is 22.8 Å². The molecule has 0 spiro atoms. The monoisotopic (exact) mass is 309 g/mol. The van der Waals surface area contributed by atoms with Crippen LogP contribution in [0, 0.1) is 0 Å². The van der Waals surface area contributed by atoms with E-state index in [2.05, 4.69) is 0 Å². The maximum atomic E-state index is 12.6. The lowest BCUT2D eigenvalue weighted by atomic mass is 10.1. The van der Waals surface area contributed by atoms with Gasteiger partial charge in [0.25, 0.3) is 5.91 Å². The molecule has 1 aromatic rings. The van der Waals surface area contributed by atoms with E-state index in [1.165, 1.54) is 14.0 Å². The van der Waals surface area contributed by atoms with Crippen LogP contribution >= 0.6 is 11.6 Å². The van der Waals surface area contributed by atoms with Crippen molar-refractivity contribution in [2.75, 3.05) is 7.05 Å². The zero-order chi connectivity index (χ0) is 15.7. The summed E-state index contributed by atoms with van der Waals surface area (Å²) >= 11 is 5.56. The highest BCUT2D eigenvalue weighted by Crippen LogP contribution is 2.32. The van der Waals surface area contributed by atoms with Crippen LogP contribution in [0.2, 0.25) is 5.02 Å². The molecular weight excluding hydrogens is 299 g/mol. The quantitative estimate of drug-likeness (QED) is 0.934. The molecule has 4 nitrogen and oxygen atoms in total. The third kappa shape index (κ3) is 3.63. The summed E-state index contributed by atoms with van der Waals surface area (Å²) in [6.07, 6.45) is -4.64. The van der Waals surface area contributed by atoms with Crippen molar-refractivity contribution >= 4 is 23.5 Å². The Hall–Kier alpha value is -1.76. The first kappa shape index (κ1) is 16.3. The zero-order valence-electron chi connectivity index (χ0n) is 10.5. The zero-order valence-corrected chi connectivity index (χ0v) is 11.3. The predicted molar refractivity (Wildman–Crippen MR) is 65.6 cm³/mol. The van der Waals surface area contributed by atoms with Crippen molar-refractivity contribution in [2.24, 2.45) is 0 Å². The van der Waals surface area contributed by atoms with Gasteiger partial charge in [-0.25, -0.2) is 4.79 Å². The first-order valence-corrected chi connectivity index (χ1v) is 5.79. The maximum absolute atomic E-state index is 12.6. The van der Waals surface area contributed by atoms with E-state index in [9.17, 15) is 22.8 Å². The van der Waals surface area contributed by atoms with Crippen LogP contribution in [-0.2, 0) is 11.0 Å². The number of aliphatic carboxylic acids is 1. The molecule has 0 aliphatic rings. The minimum atomic E-state index is -4.64. The molecule has 1 amide bonds. The average Bonchev–Trinajstić information content (AvgIpc) is 2.34. The maximum Gasteiger partial charge on any atom is 0.416 e. The smallest absolute Gasteiger partial charge is 0.416 e. The van der Waals surface area contributed by atoms with Gasteiger partial charge in [0, 0.05) is 17.6 Å². The van der Waals surface area contributed by atoms with Gasteiger partial charge in [0.2, 0.25) is 0 Å². The molecule has 0 radical (unpaired) electrons. The number of hydrogen-bond donors (Lipinski definition) is 1. The molecule has 1 unspecified atom stereocenters. The first-order chi connectivity index (χ1) is 9.04. The predicted octanol–water partition coefficient (Wildman–Crippen LogP) is 2.90. The molecule has 1 rings (SSSR count). The van der Waals surface area contributed by atoms with E-state index in [0.717, 1.165) is 11.0 Å². The van der Waals surface area contributed by atoms with Gasteiger partial charge in [-0.05, 0) is 25.1 Å². The van der Waals surface area contributed by atoms with E-state index in [0.29, 0.717) is 12.1 Å². The minimum Gasteiger partial charge on any atom is -0.480 e. The van der Waals surface area contributed by atoms with E-state index in [-0.39, 0.29) is 10.6 Å². The number of amides is 1. The molecular formula is C12H11ClF3NO3. The van der Waals surface area contributed by atoms with E-state index >= 15 is 0 Å². The largest absolute Gasteiger partial charge is 0.480 e. The van der Waals surface area contributed by atoms with Gasteiger partial charge in [-0.15, -0.1) is 0 Å². The Balaban J connectivity index is 3.17. The molecule has 1 N–H and O–H groups in total. The van der Waals surface area contributed by atoms with Crippen LogP contribution < -0.4 is 0 Å². The van der Waals surface area contributed by atoms with E-state index < -0.39 is 29.7 Å². The third-order valence-electron chi connectivity index (χ3n) is 2.73. The average molecular weight is 310 g/mol. The SMILES string of the molecule is CC(C(=O)O)N(C)C(=O)c1cc(Cl)cc(C(F)(F)F)c1. The summed E-state index contributed by atoms with van der Waals surface area (Å²) in [6.45, 7) is 1.25. The fourth-order valence-electron chi connectivity index (χ4n) is 1.42. The lowest BCUT2D eigenvalue weighted by Gasteiger charge is -2.22. The summed E-state index contributed by atoms with van der Waals surface area (Å²) in [6, 6.07) is 1.22. The van der Waals surface area contributed by atoms with Crippen molar-refractivity contribution in [1.82, 2.24) is 4.90 Å². The second-order valence-electron chi connectivity index (χ2n) is 4.16. The number of carbonyl (C=O) groups is 2. The van der Waals surface area contributed by atoms with E-state index in [1.54, 1.807) is 0 Å². The normalized spacial score (nSPS) is 12.9. The molecule has 0 aliphatic carbocycles. The summed E-state index contributed by atoms with van der Waals surface area (Å²) in [5.41, 5.74) is -1.38. The molecule has 0 heterocycles. The molecule has 0 saturated carbocycles.